The molecule has 0 bridgehead atoms. The van der Waals surface area contributed by atoms with Gasteiger partial charge in [0.05, 0.1) is 0 Å². The molecule has 0 aliphatic carbocycles. The van der Waals surface area contributed by atoms with Gasteiger partial charge in [-0.25, -0.2) is 0 Å². The highest BCUT2D eigenvalue weighted by Gasteiger charge is 1.98. The maximum atomic E-state index is 10.0. The Morgan fingerprint density at radius 2 is 2.30 bits per heavy atom. The number of carboxylic acid groups (broad SMARTS) is 1. The molecule has 1 N–H and O–H groups in total. The number of carboxylic acids is 1. The quantitative estimate of drug-likeness (QED) is 0.594. The van der Waals surface area contributed by atoms with Gasteiger partial charge in [0.1, 0.15) is 0 Å². The Hall–Kier alpha value is -0.220. The van der Waals surface area contributed by atoms with Crippen molar-refractivity contribution in [1.29, 1.82) is 0 Å². The Morgan fingerprint density at radius 3 is 2.70 bits per heavy atom. The summed E-state index contributed by atoms with van der Waals surface area (Å²) in [5.41, 5.74) is 0. The molecule has 60 valence electrons. The monoisotopic (exact) mass is 163 g/mol. The van der Waals surface area contributed by atoms with Crippen LogP contribution in [0.3, 0.4) is 0 Å². The van der Waals surface area contributed by atoms with E-state index in [-0.39, 0.29) is 6.42 Å². The first-order valence-corrected chi connectivity index (χ1v) is 3.72. The molecule has 0 rings (SSSR count). The molecule has 4 heteroatoms. The summed E-state index contributed by atoms with van der Waals surface area (Å²) >= 11 is 4.07. The van der Waals surface area contributed by atoms with Crippen LogP contribution in [0, 0.1) is 0 Å². The van der Waals surface area contributed by atoms with Crippen molar-refractivity contribution >= 4 is 18.8 Å². The molecule has 0 amide bonds. The average molecular weight is 163 g/mol. The van der Waals surface area contributed by atoms with Gasteiger partial charge < -0.3 is 5.11 Å². The number of carbonyl (C=O) groups is 1. The van der Waals surface area contributed by atoms with Crippen LogP contribution in [0.15, 0.2) is 0 Å². The van der Waals surface area contributed by atoms with Gasteiger partial charge in [0, 0.05) is 19.5 Å². The Morgan fingerprint density at radius 1 is 1.70 bits per heavy atom. The fourth-order valence-corrected chi connectivity index (χ4v) is 0.712. The van der Waals surface area contributed by atoms with Gasteiger partial charge in [-0.3, -0.25) is 9.10 Å². The normalized spacial score (nSPS) is 10.3. The molecule has 0 aromatic rings. The first-order chi connectivity index (χ1) is 4.66. The minimum atomic E-state index is -0.738. The summed E-state index contributed by atoms with van der Waals surface area (Å²) in [5, 5.41) is 8.26. The Balaban J connectivity index is 3.11. The van der Waals surface area contributed by atoms with E-state index in [2.05, 4.69) is 12.8 Å². The predicted molar refractivity (Wildman–Crippen MR) is 43.1 cm³/mol. The number of aliphatic carboxylic acids is 1. The van der Waals surface area contributed by atoms with E-state index in [9.17, 15) is 4.79 Å². The molecule has 0 radical (unpaired) electrons. The molecule has 10 heavy (non-hydrogen) atoms. The Kier molecular flexibility index (Phi) is 5.43. The zero-order chi connectivity index (χ0) is 7.98. The van der Waals surface area contributed by atoms with Gasteiger partial charge in [-0.15, -0.1) is 0 Å². The topological polar surface area (TPSA) is 40.5 Å². The smallest absolute Gasteiger partial charge is 0.303 e. The molecule has 0 aliphatic heterocycles. The summed E-state index contributed by atoms with van der Waals surface area (Å²) < 4.78 is 1.79. The van der Waals surface area contributed by atoms with Crippen LogP contribution in [0.25, 0.3) is 0 Å². The molecule has 0 spiro atoms. The van der Waals surface area contributed by atoms with E-state index in [0.717, 1.165) is 13.1 Å². The van der Waals surface area contributed by atoms with Gasteiger partial charge in [-0.1, -0.05) is 19.7 Å². The van der Waals surface area contributed by atoms with E-state index in [1.807, 2.05) is 6.92 Å². The largest absolute Gasteiger partial charge is 0.481 e. The number of nitrogens with zero attached hydrogens (tertiary/aromatic N) is 1. The van der Waals surface area contributed by atoms with Crippen LogP contribution >= 0.6 is 12.8 Å². The van der Waals surface area contributed by atoms with E-state index in [0.29, 0.717) is 6.42 Å². The third kappa shape index (κ3) is 5.91. The molecule has 0 heterocycles. The SMILES string of the molecule is CCN(S)CCCC(=O)O. The lowest BCUT2D eigenvalue weighted by Crippen LogP contribution is -2.13. The lowest BCUT2D eigenvalue weighted by Gasteiger charge is -2.09. The van der Waals surface area contributed by atoms with Gasteiger partial charge >= 0.3 is 5.97 Å². The van der Waals surface area contributed by atoms with Gasteiger partial charge in [0.2, 0.25) is 0 Å². The maximum Gasteiger partial charge on any atom is 0.303 e. The van der Waals surface area contributed by atoms with E-state index in [1.165, 1.54) is 0 Å². The van der Waals surface area contributed by atoms with E-state index in [4.69, 9.17) is 5.11 Å². The lowest BCUT2D eigenvalue weighted by molar-refractivity contribution is -0.137. The highest BCUT2D eigenvalue weighted by Crippen LogP contribution is 1.96. The second-order valence-corrected chi connectivity index (χ2v) is 2.61. The molecule has 0 unspecified atom stereocenters. The number of hydrogen-bond donors (Lipinski definition) is 2. The highest BCUT2D eigenvalue weighted by atomic mass is 32.1. The van der Waals surface area contributed by atoms with Crippen LogP contribution < -0.4 is 0 Å². The fraction of sp³-hybridized carbons (Fsp3) is 0.833. The van der Waals surface area contributed by atoms with Crippen LogP contribution in [0.1, 0.15) is 19.8 Å². The summed E-state index contributed by atoms with van der Waals surface area (Å²) in [6.45, 7) is 3.57. The van der Waals surface area contributed by atoms with Crippen LogP contribution in [-0.2, 0) is 4.79 Å². The molecule has 0 aromatic carbocycles. The molecular formula is C6H13NO2S. The van der Waals surface area contributed by atoms with Gasteiger partial charge in [0.25, 0.3) is 0 Å². The first-order valence-electron chi connectivity index (χ1n) is 3.32. The molecular weight excluding hydrogens is 150 g/mol. The summed E-state index contributed by atoms with van der Waals surface area (Å²) in [7, 11) is 0. The molecule has 0 aromatic heterocycles. The molecule has 0 fully saturated rings. The zero-order valence-corrected chi connectivity index (χ0v) is 6.97. The van der Waals surface area contributed by atoms with E-state index < -0.39 is 5.97 Å². The molecule has 0 saturated carbocycles. The Labute approximate surface area is 66.6 Å². The summed E-state index contributed by atoms with van der Waals surface area (Å²) in [6.07, 6.45) is 0.906. The first kappa shape index (κ1) is 9.78. The van der Waals surface area contributed by atoms with Crippen molar-refractivity contribution in [3.8, 4) is 0 Å². The zero-order valence-electron chi connectivity index (χ0n) is 6.08. The van der Waals surface area contributed by atoms with Crippen molar-refractivity contribution in [2.75, 3.05) is 13.1 Å². The third-order valence-corrected chi connectivity index (χ3v) is 1.65. The lowest BCUT2D eigenvalue weighted by atomic mass is 10.3. The van der Waals surface area contributed by atoms with Crippen LogP contribution in [0.2, 0.25) is 0 Å². The molecule has 0 aliphatic rings. The minimum absolute atomic E-state index is 0.233. The molecule has 0 saturated heterocycles. The third-order valence-electron chi connectivity index (χ3n) is 1.17. The summed E-state index contributed by atoms with van der Waals surface area (Å²) in [4.78, 5) is 10.0. The summed E-state index contributed by atoms with van der Waals surface area (Å²) in [6, 6.07) is 0. The van der Waals surface area contributed by atoms with Crippen molar-refractivity contribution < 1.29 is 9.90 Å². The predicted octanol–water partition coefficient (Wildman–Crippen LogP) is 1.02. The van der Waals surface area contributed by atoms with Crippen molar-refractivity contribution in [3.05, 3.63) is 0 Å². The van der Waals surface area contributed by atoms with Gasteiger partial charge in [-0.2, -0.15) is 0 Å². The van der Waals surface area contributed by atoms with Crippen molar-refractivity contribution in [1.82, 2.24) is 4.31 Å². The van der Waals surface area contributed by atoms with Crippen molar-refractivity contribution in [2.45, 2.75) is 19.8 Å². The molecule has 3 nitrogen and oxygen atoms in total. The summed E-state index contributed by atoms with van der Waals surface area (Å²) in [5.74, 6) is -0.738. The standard InChI is InChI=1S/C6H13NO2S/c1-2-7(10)5-3-4-6(8)9/h10H,2-5H2,1H3,(H,8,9). The molecule has 0 atom stereocenters. The van der Waals surface area contributed by atoms with Crippen molar-refractivity contribution in [2.24, 2.45) is 0 Å². The Bertz CT molecular complexity index is 108. The second kappa shape index (κ2) is 5.56. The van der Waals surface area contributed by atoms with Crippen LogP contribution in [-0.4, -0.2) is 28.5 Å². The van der Waals surface area contributed by atoms with E-state index >= 15 is 0 Å². The number of hydrogen-bond acceptors (Lipinski definition) is 3. The highest BCUT2D eigenvalue weighted by molar-refractivity contribution is 7.77. The average Bonchev–Trinajstić information content (AvgIpc) is 1.87. The van der Waals surface area contributed by atoms with Crippen LogP contribution in [0.5, 0.6) is 0 Å². The van der Waals surface area contributed by atoms with Gasteiger partial charge in [0.15, 0.2) is 0 Å². The van der Waals surface area contributed by atoms with E-state index in [1.54, 1.807) is 4.31 Å². The second-order valence-electron chi connectivity index (χ2n) is 2.04. The van der Waals surface area contributed by atoms with Crippen molar-refractivity contribution in [3.63, 3.8) is 0 Å². The fourth-order valence-electron chi connectivity index (χ4n) is 0.571. The van der Waals surface area contributed by atoms with Gasteiger partial charge in [-0.05, 0) is 6.42 Å². The number of thiol groups is 1. The maximum absolute atomic E-state index is 10.0. The number of rotatable bonds is 5. The minimum Gasteiger partial charge on any atom is -0.481 e. The van der Waals surface area contributed by atoms with Crippen LogP contribution in [0.4, 0.5) is 0 Å².